The number of hydrazine groups is 1. The molecule has 0 radical (unpaired) electrons. The summed E-state index contributed by atoms with van der Waals surface area (Å²) >= 11 is 7.04. The van der Waals surface area contributed by atoms with Gasteiger partial charge in [-0.15, -0.1) is 0 Å². The predicted molar refractivity (Wildman–Crippen MR) is 128 cm³/mol. The Balaban J connectivity index is 1.58. The van der Waals surface area contributed by atoms with Crippen LogP contribution in [0.2, 0.25) is 0 Å². The van der Waals surface area contributed by atoms with Gasteiger partial charge in [-0.05, 0) is 48.0 Å². The third kappa shape index (κ3) is 2.69. The van der Waals surface area contributed by atoms with E-state index in [1.165, 1.54) is 0 Å². The molecule has 2 unspecified atom stereocenters. The minimum Gasteiger partial charge on any atom is -0.493 e. The van der Waals surface area contributed by atoms with E-state index in [0.29, 0.717) is 17.2 Å². The van der Waals surface area contributed by atoms with E-state index >= 15 is 0 Å². The maximum Gasteiger partial charge on any atom is 0.291 e. The van der Waals surface area contributed by atoms with Crippen LogP contribution in [0.15, 0.2) is 75.7 Å². The first kappa shape index (κ1) is 19.8. The lowest BCUT2D eigenvalue weighted by atomic mass is 9.95. The lowest BCUT2D eigenvalue weighted by Crippen LogP contribution is -2.60. The van der Waals surface area contributed by atoms with Crippen molar-refractivity contribution in [3.63, 3.8) is 0 Å². The van der Waals surface area contributed by atoms with Crippen molar-refractivity contribution in [1.82, 2.24) is 10.4 Å². The lowest BCUT2D eigenvalue weighted by Gasteiger charge is -2.45. The molecule has 6 nitrogen and oxygen atoms in total. The number of benzene rings is 3. The molecule has 0 saturated carbocycles. The largest absolute Gasteiger partial charge is 0.493 e. The molecule has 3 heterocycles. The fraction of sp³-hybridized carbons (Fsp3) is 0.125. The van der Waals surface area contributed by atoms with E-state index in [1.54, 1.807) is 7.11 Å². The molecule has 32 heavy (non-hydrogen) atoms. The molecule has 160 valence electrons. The highest BCUT2D eigenvalue weighted by Gasteiger charge is 2.61. The fourth-order valence-corrected chi connectivity index (χ4v) is 5.20. The number of hydrogen-bond donors (Lipinski definition) is 2. The summed E-state index contributed by atoms with van der Waals surface area (Å²) in [6.45, 7) is 0. The van der Waals surface area contributed by atoms with Crippen molar-refractivity contribution in [3.05, 3.63) is 92.4 Å². The number of fused-ring (bicyclic) bond motifs is 6. The van der Waals surface area contributed by atoms with Gasteiger partial charge in [0.25, 0.3) is 11.6 Å². The van der Waals surface area contributed by atoms with E-state index < -0.39 is 5.72 Å². The average molecular weight is 555 g/mol. The summed E-state index contributed by atoms with van der Waals surface area (Å²) in [6, 6.07) is 19.3. The number of hydrogen-bond acceptors (Lipinski definition) is 5. The maximum atomic E-state index is 13.6. The molecule has 3 aromatic carbocycles. The molecular formula is C24H17Br2N3O3. The van der Waals surface area contributed by atoms with E-state index in [0.717, 1.165) is 31.3 Å². The van der Waals surface area contributed by atoms with Gasteiger partial charge in [0.2, 0.25) is 0 Å². The van der Waals surface area contributed by atoms with E-state index in [2.05, 4.69) is 48.7 Å². The zero-order chi connectivity index (χ0) is 22.0. The van der Waals surface area contributed by atoms with Gasteiger partial charge < -0.3 is 20.2 Å². The molecule has 3 aliphatic rings. The summed E-state index contributed by atoms with van der Waals surface area (Å²) in [7, 11) is 1.60. The first-order valence-electron chi connectivity index (χ1n) is 10.0. The van der Waals surface area contributed by atoms with Crippen molar-refractivity contribution in [3.8, 4) is 11.5 Å². The minimum absolute atomic E-state index is 0.247. The van der Waals surface area contributed by atoms with Gasteiger partial charge in [-0.2, -0.15) is 5.01 Å². The Labute approximate surface area is 201 Å². The number of anilines is 1. The van der Waals surface area contributed by atoms with Gasteiger partial charge in [0, 0.05) is 20.1 Å². The molecule has 0 aromatic heterocycles. The van der Waals surface area contributed by atoms with Crippen molar-refractivity contribution >= 4 is 49.2 Å². The second-order valence-electron chi connectivity index (χ2n) is 7.78. The van der Waals surface area contributed by atoms with E-state index in [4.69, 9.17) is 9.47 Å². The molecule has 3 aliphatic heterocycles. The summed E-state index contributed by atoms with van der Waals surface area (Å²) in [6.07, 6.45) is 2.12. The number of carbonyl (C=O) groups is 1. The van der Waals surface area contributed by atoms with Crippen LogP contribution in [-0.2, 0) is 10.5 Å². The molecule has 0 aliphatic carbocycles. The SMILES string of the molecule is COc1cccc2c1OC1(C(=O)Nc3ccc(Br)cc31)N1NC(c3ccc(Br)cc3)=CC21. The van der Waals surface area contributed by atoms with Gasteiger partial charge in [-0.1, -0.05) is 56.1 Å². The zero-order valence-corrected chi connectivity index (χ0v) is 20.0. The molecule has 2 atom stereocenters. The predicted octanol–water partition coefficient (Wildman–Crippen LogP) is 5.32. The van der Waals surface area contributed by atoms with Crippen LogP contribution >= 0.6 is 31.9 Å². The molecule has 8 heteroatoms. The third-order valence-corrected chi connectivity index (χ3v) is 7.06. The normalized spacial score (nSPS) is 22.9. The first-order chi connectivity index (χ1) is 15.5. The van der Waals surface area contributed by atoms with Crippen LogP contribution in [0.25, 0.3) is 5.70 Å². The number of nitrogens with zero attached hydrogens (tertiary/aromatic N) is 1. The van der Waals surface area contributed by atoms with E-state index in [1.807, 2.05) is 65.7 Å². The minimum atomic E-state index is -1.40. The van der Waals surface area contributed by atoms with Crippen LogP contribution in [0, 0.1) is 0 Å². The summed E-state index contributed by atoms with van der Waals surface area (Å²) in [5.74, 6) is 0.891. The fourth-order valence-electron chi connectivity index (χ4n) is 4.57. The summed E-state index contributed by atoms with van der Waals surface area (Å²) in [5.41, 5.74) is 6.35. The average Bonchev–Trinajstić information content (AvgIpc) is 3.35. The number of para-hydroxylation sites is 1. The Kier molecular flexibility index (Phi) is 4.40. The molecule has 3 aromatic rings. The number of amides is 1. The number of ether oxygens (including phenoxy) is 2. The molecular weight excluding hydrogens is 538 g/mol. The highest BCUT2D eigenvalue weighted by Crippen LogP contribution is 2.55. The van der Waals surface area contributed by atoms with Crippen LogP contribution in [0.4, 0.5) is 5.69 Å². The monoisotopic (exact) mass is 553 g/mol. The maximum absolute atomic E-state index is 13.6. The quantitative estimate of drug-likeness (QED) is 0.449. The molecule has 0 saturated heterocycles. The van der Waals surface area contributed by atoms with Crippen LogP contribution in [-0.4, -0.2) is 18.0 Å². The second-order valence-corrected chi connectivity index (χ2v) is 9.61. The molecule has 2 N–H and O–H groups in total. The van der Waals surface area contributed by atoms with Crippen molar-refractivity contribution in [1.29, 1.82) is 0 Å². The van der Waals surface area contributed by atoms with Crippen molar-refractivity contribution in [2.24, 2.45) is 0 Å². The zero-order valence-electron chi connectivity index (χ0n) is 16.9. The van der Waals surface area contributed by atoms with E-state index in [-0.39, 0.29) is 11.9 Å². The number of methoxy groups -OCH3 is 1. The summed E-state index contributed by atoms with van der Waals surface area (Å²) < 4.78 is 14.0. The molecule has 1 amide bonds. The summed E-state index contributed by atoms with van der Waals surface area (Å²) in [5, 5.41) is 4.88. The van der Waals surface area contributed by atoms with Crippen LogP contribution < -0.4 is 20.2 Å². The standard InChI is InChI=1S/C24H17Br2N3O3/c1-31-21-4-2-3-16-20-12-19(13-5-7-14(25)8-6-13)28-29(20)24(32-22(16)21)17-11-15(26)9-10-18(17)27-23(24)30/h2-12,20,28H,1H3,(H,27,30). The Bertz CT molecular complexity index is 1310. The van der Waals surface area contributed by atoms with Gasteiger partial charge in [0.1, 0.15) is 0 Å². The Morgan fingerprint density at radius 3 is 2.62 bits per heavy atom. The molecule has 1 spiro atoms. The molecule has 0 bridgehead atoms. The van der Waals surface area contributed by atoms with Crippen LogP contribution in [0.5, 0.6) is 11.5 Å². The number of carbonyl (C=O) groups excluding carboxylic acids is 1. The molecule has 0 fully saturated rings. The Hall–Kier alpha value is -2.81. The van der Waals surface area contributed by atoms with Gasteiger partial charge in [0.15, 0.2) is 11.5 Å². The molecule has 6 rings (SSSR count). The van der Waals surface area contributed by atoms with Crippen molar-refractivity contribution in [2.75, 3.05) is 12.4 Å². The summed E-state index contributed by atoms with van der Waals surface area (Å²) in [4.78, 5) is 13.6. The highest BCUT2D eigenvalue weighted by molar-refractivity contribution is 9.10. The number of halogens is 2. The smallest absolute Gasteiger partial charge is 0.291 e. The van der Waals surface area contributed by atoms with Crippen LogP contribution in [0.1, 0.15) is 22.7 Å². The van der Waals surface area contributed by atoms with Gasteiger partial charge >= 0.3 is 0 Å². The van der Waals surface area contributed by atoms with Crippen molar-refractivity contribution < 1.29 is 14.3 Å². The van der Waals surface area contributed by atoms with Gasteiger partial charge in [-0.3, -0.25) is 4.79 Å². The highest BCUT2D eigenvalue weighted by atomic mass is 79.9. The number of nitrogens with one attached hydrogen (secondary N) is 2. The van der Waals surface area contributed by atoms with E-state index in [9.17, 15) is 4.79 Å². The van der Waals surface area contributed by atoms with Gasteiger partial charge in [0.05, 0.1) is 24.5 Å². The first-order valence-corrected chi connectivity index (χ1v) is 11.6. The Morgan fingerprint density at radius 1 is 1.06 bits per heavy atom. The lowest BCUT2D eigenvalue weighted by molar-refractivity contribution is -0.166. The second kappa shape index (κ2) is 7.10. The van der Waals surface area contributed by atoms with Crippen molar-refractivity contribution in [2.45, 2.75) is 11.8 Å². The number of rotatable bonds is 2. The third-order valence-electron chi connectivity index (χ3n) is 6.04. The topological polar surface area (TPSA) is 62.8 Å². The van der Waals surface area contributed by atoms with Crippen LogP contribution in [0.3, 0.4) is 0 Å². The van der Waals surface area contributed by atoms with Gasteiger partial charge in [-0.25, -0.2) is 0 Å². The Morgan fingerprint density at radius 2 is 1.84 bits per heavy atom.